The van der Waals surface area contributed by atoms with Gasteiger partial charge in [0.05, 0.1) is 0 Å². The molecule has 0 unspecified atom stereocenters. The van der Waals surface area contributed by atoms with Crippen LogP contribution in [-0.4, -0.2) is 5.91 Å². The molecule has 0 saturated carbocycles. The number of benzene rings is 1. The van der Waals surface area contributed by atoms with E-state index in [1.54, 1.807) is 0 Å². The maximum atomic E-state index is 11.0. The quantitative estimate of drug-likeness (QED) is 0.307. The van der Waals surface area contributed by atoms with Crippen LogP contribution in [0.4, 0.5) is 0 Å². The first-order valence-corrected chi connectivity index (χ1v) is 3.53. The lowest BCUT2D eigenvalue weighted by atomic mass is 10.2. The number of ether oxygens (including phenoxy) is 1. The molecule has 0 heterocycles. The average Bonchev–Trinajstić information content (AvgIpc) is 2.20. The molecule has 0 atom stereocenters. The molecule has 1 rings (SSSR count). The molecule has 0 radical (unpaired) electrons. The lowest BCUT2D eigenvalue weighted by molar-refractivity contribution is 0.100. The fourth-order valence-electron chi connectivity index (χ4n) is 0.817. The minimum Gasteiger partial charge on any atom is -0.388 e. The molecule has 1 aromatic rings. The first-order chi connectivity index (χ1) is 6.77. The predicted molar refractivity (Wildman–Crippen MR) is 46.2 cm³/mol. The van der Waals surface area contributed by atoms with Crippen molar-refractivity contribution >= 4 is 5.91 Å². The van der Waals surface area contributed by atoms with Gasteiger partial charge in [0.25, 0.3) is 6.26 Å². The summed E-state index contributed by atoms with van der Waals surface area (Å²) in [6, 6.07) is 5.68. The van der Waals surface area contributed by atoms with Crippen molar-refractivity contribution in [3.8, 4) is 12.0 Å². The molecule has 0 N–H and O–H groups in total. The highest BCUT2D eigenvalue weighted by atomic mass is 16.5. The Morgan fingerprint density at radius 1 is 1.50 bits per heavy atom. The second-order valence-electron chi connectivity index (χ2n) is 2.21. The first kappa shape index (κ1) is 9.58. The summed E-state index contributed by atoms with van der Waals surface area (Å²) in [6.45, 7) is 0. The van der Waals surface area contributed by atoms with E-state index < -0.39 is 5.91 Å². The van der Waals surface area contributed by atoms with E-state index in [-0.39, 0.29) is 5.56 Å². The van der Waals surface area contributed by atoms with Crippen molar-refractivity contribution in [2.24, 2.45) is 5.11 Å². The summed E-state index contributed by atoms with van der Waals surface area (Å²) in [5, 5.41) is 11.1. The molecule has 0 aliphatic rings. The molecule has 14 heavy (non-hydrogen) atoms. The van der Waals surface area contributed by atoms with Crippen LogP contribution in [0.5, 0.6) is 5.75 Å². The molecule has 0 spiro atoms. The molecule has 0 aliphatic carbocycles. The minimum atomic E-state index is -0.670. The number of nitriles is 1. The van der Waals surface area contributed by atoms with E-state index in [4.69, 9.17) is 10.8 Å². The number of hydrogen-bond donors (Lipinski definition) is 0. The normalized spacial score (nSPS) is 8.21. The number of hydrogen-bond acceptors (Lipinski definition) is 3. The van der Waals surface area contributed by atoms with Crippen LogP contribution < -0.4 is 4.74 Å². The van der Waals surface area contributed by atoms with E-state index in [0.29, 0.717) is 5.75 Å². The van der Waals surface area contributed by atoms with Gasteiger partial charge in [-0.25, -0.2) is 0 Å². The summed E-state index contributed by atoms with van der Waals surface area (Å²) in [5.74, 6) is -0.346. The third kappa shape index (κ3) is 2.24. The Hall–Kier alpha value is -2.51. The molecule has 1 aromatic carbocycles. The zero-order chi connectivity index (χ0) is 10.4. The summed E-state index contributed by atoms with van der Waals surface area (Å²) in [4.78, 5) is 13.4. The zero-order valence-corrected chi connectivity index (χ0v) is 6.91. The van der Waals surface area contributed by atoms with Gasteiger partial charge in [-0.1, -0.05) is 0 Å². The van der Waals surface area contributed by atoms with Crippen molar-refractivity contribution in [1.29, 1.82) is 5.26 Å². The molecular formula is C8H4N4O2. The Labute approximate surface area is 79.0 Å². The SMILES string of the molecule is N#COc1ccc(C(=O)N=[N+]=[N-])cc1. The Bertz CT molecular complexity index is 426. The summed E-state index contributed by atoms with van der Waals surface area (Å²) in [7, 11) is 0. The van der Waals surface area contributed by atoms with Crippen molar-refractivity contribution in [3.63, 3.8) is 0 Å². The van der Waals surface area contributed by atoms with Crippen molar-refractivity contribution in [2.45, 2.75) is 0 Å². The molecule has 0 aliphatic heterocycles. The van der Waals surface area contributed by atoms with Gasteiger partial charge in [-0.15, -0.1) is 5.26 Å². The summed E-state index contributed by atoms with van der Waals surface area (Å²) in [5.41, 5.74) is 8.25. The number of carbonyl (C=O) groups is 1. The molecular weight excluding hydrogens is 184 g/mol. The van der Waals surface area contributed by atoms with Crippen LogP contribution in [-0.2, 0) is 0 Å². The number of rotatable bonds is 2. The summed E-state index contributed by atoms with van der Waals surface area (Å²) < 4.78 is 4.49. The van der Waals surface area contributed by atoms with Gasteiger partial charge in [-0.3, -0.25) is 4.79 Å². The fourth-order valence-corrected chi connectivity index (χ4v) is 0.817. The van der Waals surface area contributed by atoms with Crippen molar-refractivity contribution in [1.82, 2.24) is 0 Å². The molecule has 6 nitrogen and oxygen atoms in total. The predicted octanol–water partition coefficient (Wildman–Crippen LogP) is 2.00. The van der Waals surface area contributed by atoms with E-state index in [9.17, 15) is 4.79 Å². The average molecular weight is 188 g/mol. The monoisotopic (exact) mass is 188 g/mol. The number of nitrogens with zero attached hydrogens (tertiary/aromatic N) is 4. The highest BCUT2D eigenvalue weighted by Gasteiger charge is 2.02. The highest BCUT2D eigenvalue weighted by molar-refractivity contribution is 5.94. The summed E-state index contributed by atoms with van der Waals surface area (Å²) in [6.07, 6.45) is 1.49. The van der Waals surface area contributed by atoms with E-state index in [1.807, 2.05) is 0 Å². The molecule has 6 heteroatoms. The van der Waals surface area contributed by atoms with Gasteiger partial charge in [0.15, 0.2) is 0 Å². The Morgan fingerprint density at radius 3 is 2.64 bits per heavy atom. The third-order valence-electron chi connectivity index (χ3n) is 1.40. The van der Waals surface area contributed by atoms with Crippen LogP contribution >= 0.6 is 0 Å². The summed E-state index contributed by atoms with van der Waals surface area (Å²) >= 11 is 0. The number of azide groups is 1. The molecule has 68 valence electrons. The van der Waals surface area contributed by atoms with E-state index >= 15 is 0 Å². The first-order valence-electron chi connectivity index (χ1n) is 3.53. The standard InChI is InChI=1S/C8H4N4O2/c9-5-14-7-3-1-6(2-4-7)8(13)11-12-10/h1-4H. The van der Waals surface area contributed by atoms with Crippen LogP contribution in [0.2, 0.25) is 0 Å². The smallest absolute Gasteiger partial charge is 0.292 e. The topological polar surface area (TPSA) is 98.8 Å². The Balaban J connectivity index is 2.89. The van der Waals surface area contributed by atoms with Crippen LogP contribution in [0.3, 0.4) is 0 Å². The third-order valence-corrected chi connectivity index (χ3v) is 1.40. The van der Waals surface area contributed by atoms with Gasteiger partial charge in [0.1, 0.15) is 5.75 Å². The minimum absolute atomic E-state index is 0.244. The van der Waals surface area contributed by atoms with E-state index in [0.717, 1.165) is 0 Å². The van der Waals surface area contributed by atoms with Gasteiger partial charge in [0.2, 0.25) is 5.91 Å². The maximum Gasteiger partial charge on any atom is 0.292 e. The second kappa shape index (κ2) is 4.50. The fraction of sp³-hybridized carbons (Fsp3) is 0. The van der Waals surface area contributed by atoms with Gasteiger partial charge >= 0.3 is 0 Å². The van der Waals surface area contributed by atoms with Gasteiger partial charge in [-0.05, 0) is 34.9 Å². The Kier molecular flexibility index (Phi) is 3.08. The molecule has 1 amide bonds. The van der Waals surface area contributed by atoms with Gasteiger partial charge in [0, 0.05) is 10.5 Å². The maximum absolute atomic E-state index is 11.0. The lowest BCUT2D eigenvalue weighted by Gasteiger charge is -1.96. The highest BCUT2D eigenvalue weighted by Crippen LogP contribution is 2.12. The van der Waals surface area contributed by atoms with Crippen LogP contribution in [0.1, 0.15) is 10.4 Å². The van der Waals surface area contributed by atoms with E-state index in [1.165, 1.54) is 30.5 Å². The number of amides is 1. The van der Waals surface area contributed by atoms with E-state index in [2.05, 4.69) is 14.8 Å². The molecule has 0 aromatic heterocycles. The Morgan fingerprint density at radius 2 is 2.14 bits per heavy atom. The number of carbonyl (C=O) groups excluding carboxylic acids is 1. The lowest BCUT2D eigenvalue weighted by Crippen LogP contribution is -1.92. The second-order valence-corrected chi connectivity index (χ2v) is 2.21. The molecule has 0 bridgehead atoms. The van der Waals surface area contributed by atoms with Crippen molar-refractivity contribution in [2.75, 3.05) is 0 Å². The van der Waals surface area contributed by atoms with Crippen LogP contribution in [0, 0.1) is 11.5 Å². The molecule has 0 fully saturated rings. The molecule has 0 saturated heterocycles. The zero-order valence-electron chi connectivity index (χ0n) is 6.91. The van der Waals surface area contributed by atoms with Crippen LogP contribution in [0.15, 0.2) is 29.4 Å². The van der Waals surface area contributed by atoms with Crippen molar-refractivity contribution < 1.29 is 9.53 Å². The largest absolute Gasteiger partial charge is 0.388 e. The van der Waals surface area contributed by atoms with Crippen LogP contribution in [0.25, 0.3) is 10.4 Å². The van der Waals surface area contributed by atoms with Gasteiger partial charge < -0.3 is 4.74 Å². The van der Waals surface area contributed by atoms with Crippen molar-refractivity contribution in [3.05, 3.63) is 40.3 Å². The van der Waals surface area contributed by atoms with Gasteiger partial charge in [-0.2, -0.15) is 0 Å².